The first-order valence-electron chi connectivity index (χ1n) is 5.95. The second-order valence-corrected chi connectivity index (χ2v) is 7.32. The summed E-state index contributed by atoms with van der Waals surface area (Å²) in [7, 11) is -3.59. The number of thioether (sulfide) groups is 1. The van der Waals surface area contributed by atoms with Gasteiger partial charge in [0.2, 0.25) is 0 Å². The van der Waals surface area contributed by atoms with Crippen molar-refractivity contribution in [2.24, 2.45) is 5.92 Å². The second-order valence-electron chi connectivity index (χ2n) is 4.56. The molecule has 0 N–H and O–H groups in total. The van der Waals surface area contributed by atoms with Crippen molar-refractivity contribution in [2.45, 2.75) is 25.7 Å². The van der Waals surface area contributed by atoms with Gasteiger partial charge in [-0.15, -0.1) is 0 Å². The molecule has 102 valence electrons. The fourth-order valence-corrected chi connectivity index (χ4v) is 3.15. The summed E-state index contributed by atoms with van der Waals surface area (Å²) in [5.74, 6) is 2.33. The highest BCUT2D eigenvalue weighted by Gasteiger charge is 2.14. The largest absolute Gasteiger partial charge is 0.296 e. The molecule has 0 aliphatic rings. The van der Waals surface area contributed by atoms with Crippen LogP contribution in [0.4, 0.5) is 0 Å². The molecule has 1 rings (SSSR count). The van der Waals surface area contributed by atoms with Gasteiger partial charge in [0, 0.05) is 5.75 Å². The van der Waals surface area contributed by atoms with E-state index in [0.29, 0.717) is 11.7 Å². The number of hydrogen-bond acceptors (Lipinski definition) is 4. The predicted octanol–water partition coefficient (Wildman–Crippen LogP) is 3.09. The van der Waals surface area contributed by atoms with E-state index in [9.17, 15) is 8.42 Å². The monoisotopic (exact) mass is 288 g/mol. The Bertz CT molecular complexity index is 450. The molecular weight excluding hydrogens is 268 g/mol. The van der Waals surface area contributed by atoms with Gasteiger partial charge in [-0.25, -0.2) is 0 Å². The minimum atomic E-state index is -3.59. The van der Waals surface area contributed by atoms with Crippen LogP contribution in [0.1, 0.15) is 19.4 Å². The van der Waals surface area contributed by atoms with E-state index in [2.05, 4.69) is 13.8 Å². The first-order valence-corrected chi connectivity index (χ1v) is 8.52. The molecule has 0 heterocycles. The smallest absolute Gasteiger partial charge is 0.266 e. The van der Waals surface area contributed by atoms with Crippen LogP contribution < -0.4 is 0 Å². The molecule has 0 amide bonds. The van der Waals surface area contributed by atoms with Crippen LogP contribution in [0.15, 0.2) is 29.2 Å². The molecule has 0 spiro atoms. The van der Waals surface area contributed by atoms with Crippen molar-refractivity contribution in [3.8, 4) is 0 Å². The summed E-state index contributed by atoms with van der Waals surface area (Å²) in [6.07, 6.45) is 0. The predicted molar refractivity (Wildman–Crippen MR) is 76.5 cm³/mol. The van der Waals surface area contributed by atoms with Gasteiger partial charge in [0.05, 0.1) is 11.5 Å². The molecule has 0 saturated heterocycles. The van der Waals surface area contributed by atoms with Crippen LogP contribution >= 0.6 is 11.8 Å². The van der Waals surface area contributed by atoms with E-state index in [4.69, 9.17) is 4.18 Å². The summed E-state index contributed by atoms with van der Waals surface area (Å²) in [4.78, 5) is 0.224. The summed E-state index contributed by atoms with van der Waals surface area (Å²) in [5.41, 5.74) is 1.03. The number of rotatable bonds is 7. The van der Waals surface area contributed by atoms with Crippen molar-refractivity contribution in [1.29, 1.82) is 0 Å². The lowest BCUT2D eigenvalue weighted by Crippen LogP contribution is -2.09. The Morgan fingerprint density at radius 1 is 1.22 bits per heavy atom. The van der Waals surface area contributed by atoms with E-state index in [1.807, 2.05) is 6.92 Å². The van der Waals surface area contributed by atoms with E-state index in [1.165, 1.54) is 0 Å². The quantitative estimate of drug-likeness (QED) is 0.571. The third-order valence-electron chi connectivity index (χ3n) is 2.23. The van der Waals surface area contributed by atoms with Gasteiger partial charge >= 0.3 is 0 Å². The molecule has 0 atom stereocenters. The number of hydrogen-bond donors (Lipinski definition) is 0. The van der Waals surface area contributed by atoms with Gasteiger partial charge in [0.1, 0.15) is 0 Å². The lowest BCUT2D eigenvalue weighted by atomic mass is 10.2. The molecule has 0 unspecified atom stereocenters. The van der Waals surface area contributed by atoms with E-state index in [-0.39, 0.29) is 11.5 Å². The average Bonchev–Trinajstić information content (AvgIpc) is 2.28. The van der Waals surface area contributed by atoms with Crippen molar-refractivity contribution >= 4 is 21.9 Å². The molecule has 0 fully saturated rings. The summed E-state index contributed by atoms with van der Waals surface area (Å²) >= 11 is 1.71. The molecule has 0 aliphatic heterocycles. The van der Waals surface area contributed by atoms with Gasteiger partial charge in [-0.05, 0) is 30.7 Å². The molecule has 5 heteroatoms. The zero-order valence-corrected chi connectivity index (χ0v) is 12.7. The maximum atomic E-state index is 11.8. The normalized spacial score (nSPS) is 12.0. The zero-order valence-electron chi connectivity index (χ0n) is 11.0. The van der Waals surface area contributed by atoms with E-state index >= 15 is 0 Å². The lowest BCUT2D eigenvalue weighted by Gasteiger charge is -2.07. The summed E-state index contributed by atoms with van der Waals surface area (Å²) < 4.78 is 28.6. The van der Waals surface area contributed by atoms with Crippen molar-refractivity contribution in [1.82, 2.24) is 0 Å². The SMILES string of the molecule is Cc1ccc(S(=O)(=O)OCCSCC(C)C)cc1. The first-order chi connectivity index (χ1) is 8.42. The number of benzene rings is 1. The fraction of sp³-hybridized carbons (Fsp3) is 0.538. The fourth-order valence-electron chi connectivity index (χ4n) is 1.29. The highest BCUT2D eigenvalue weighted by atomic mass is 32.2. The molecule has 0 bridgehead atoms. The Morgan fingerprint density at radius 2 is 1.83 bits per heavy atom. The molecule has 1 aromatic rings. The molecule has 0 aromatic heterocycles. The summed E-state index contributed by atoms with van der Waals surface area (Å²) in [6.45, 7) is 6.42. The van der Waals surface area contributed by atoms with Crippen molar-refractivity contribution in [2.75, 3.05) is 18.1 Å². The molecular formula is C13H20O3S2. The topological polar surface area (TPSA) is 43.4 Å². The summed E-state index contributed by atoms with van der Waals surface area (Å²) in [6, 6.07) is 6.69. The van der Waals surface area contributed by atoms with Gasteiger partial charge < -0.3 is 0 Å². The van der Waals surface area contributed by atoms with Crippen LogP contribution in [0.3, 0.4) is 0 Å². The van der Waals surface area contributed by atoms with Gasteiger partial charge in [0.25, 0.3) is 10.1 Å². The van der Waals surface area contributed by atoms with Gasteiger partial charge in [0.15, 0.2) is 0 Å². The second kappa shape index (κ2) is 7.16. The molecule has 0 aliphatic carbocycles. The standard InChI is InChI=1S/C13H20O3S2/c1-11(2)10-17-9-8-16-18(14,15)13-6-4-12(3)5-7-13/h4-7,11H,8-10H2,1-3H3. The summed E-state index contributed by atoms with van der Waals surface area (Å²) in [5, 5.41) is 0. The van der Waals surface area contributed by atoms with Crippen molar-refractivity contribution in [3.05, 3.63) is 29.8 Å². The van der Waals surface area contributed by atoms with Crippen LogP contribution in [0.2, 0.25) is 0 Å². The third-order valence-corrected chi connectivity index (χ3v) is 4.91. The maximum absolute atomic E-state index is 11.8. The maximum Gasteiger partial charge on any atom is 0.296 e. The Labute approximate surface area is 114 Å². The molecule has 0 radical (unpaired) electrons. The van der Waals surface area contributed by atoms with E-state index in [1.54, 1.807) is 36.0 Å². The minimum Gasteiger partial charge on any atom is -0.266 e. The van der Waals surface area contributed by atoms with Gasteiger partial charge in [-0.1, -0.05) is 31.5 Å². The van der Waals surface area contributed by atoms with Gasteiger partial charge in [-0.3, -0.25) is 4.18 Å². The Hall–Kier alpha value is -0.520. The highest BCUT2D eigenvalue weighted by molar-refractivity contribution is 7.99. The Balaban J connectivity index is 2.43. The van der Waals surface area contributed by atoms with Crippen molar-refractivity contribution < 1.29 is 12.6 Å². The molecule has 18 heavy (non-hydrogen) atoms. The van der Waals surface area contributed by atoms with E-state index < -0.39 is 10.1 Å². The molecule has 3 nitrogen and oxygen atoms in total. The van der Waals surface area contributed by atoms with E-state index in [0.717, 1.165) is 11.3 Å². The Kier molecular flexibility index (Phi) is 6.18. The van der Waals surface area contributed by atoms with Gasteiger partial charge in [-0.2, -0.15) is 20.2 Å². The van der Waals surface area contributed by atoms with Crippen molar-refractivity contribution in [3.63, 3.8) is 0 Å². The highest BCUT2D eigenvalue weighted by Crippen LogP contribution is 2.14. The first kappa shape index (κ1) is 15.5. The third kappa shape index (κ3) is 5.42. The average molecular weight is 288 g/mol. The molecule has 1 aromatic carbocycles. The lowest BCUT2D eigenvalue weighted by molar-refractivity contribution is 0.341. The Morgan fingerprint density at radius 3 is 2.39 bits per heavy atom. The van der Waals surface area contributed by atoms with Crippen LogP contribution in [0, 0.1) is 12.8 Å². The van der Waals surface area contributed by atoms with Crippen LogP contribution in [-0.4, -0.2) is 26.5 Å². The van der Waals surface area contributed by atoms with Crippen LogP contribution in [0.25, 0.3) is 0 Å². The number of aryl methyl sites for hydroxylation is 1. The minimum absolute atomic E-state index is 0.224. The van der Waals surface area contributed by atoms with Crippen LogP contribution in [0.5, 0.6) is 0 Å². The molecule has 0 saturated carbocycles. The van der Waals surface area contributed by atoms with Crippen LogP contribution in [-0.2, 0) is 14.3 Å². The zero-order chi connectivity index (χ0) is 13.6.